The van der Waals surface area contributed by atoms with E-state index in [1.54, 1.807) is 18.7 Å². The van der Waals surface area contributed by atoms with Gasteiger partial charge >= 0.3 is 5.97 Å². The third-order valence-electron chi connectivity index (χ3n) is 5.93. The van der Waals surface area contributed by atoms with Crippen LogP contribution >= 0.6 is 11.8 Å². The number of oxazole rings is 1. The van der Waals surface area contributed by atoms with Gasteiger partial charge in [0, 0.05) is 16.0 Å². The maximum Gasteiger partial charge on any atom is 0.316 e. The van der Waals surface area contributed by atoms with Gasteiger partial charge in [0.05, 0.1) is 18.1 Å². The van der Waals surface area contributed by atoms with Crippen LogP contribution < -0.4 is 0 Å². The van der Waals surface area contributed by atoms with E-state index in [0.717, 1.165) is 21.6 Å². The number of nitrogens with zero attached hydrogens (tertiary/aromatic N) is 1. The van der Waals surface area contributed by atoms with Crippen molar-refractivity contribution in [2.75, 3.05) is 7.11 Å². The second kappa shape index (κ2) is 9.87. The molecular weight excluding hydrogens is 446 g/mol. The smallest absolute Gasteiger partial charge is 0.316 e. The summed E-state index contributed by atoms with van der Waals surface area (Å²) < 4.78 is 10.7. The van der Waals surface area contributed by atoms with Gasteiger partial charge in [-0.3, -0.25) is 4.79 Å². The van der Waals surface area contributed by atoms with Crippen molar-refractivity contribution in [2.24, 2.45) is 0 Å². The summed E-state index contributed by atoms with van der Waals surface area (Å²) in [7, 11) is 1.40. The van der Waals surface area contributed by atoms with E-state index in [2.05, 4.69) is 46.5 Å². The quantitative estimate of drug-likeness (QED) is 0.300. The molecule has 0 aliphatic carbocycles. The number of aromatic nitrogens is 1. The molecular formula is C28H35NO4S. The monoisotopic (exact) mass is 481 g/mol. The SMILES string of the molecule is COC(=O)C(c1ncoc1C)C(Sc1cc(C(C)(C)C)c(O)c(C(C)(C)C)c1)c1ccccc1. The van der Waals surface area contributed by atoms with Gasteiger partial charge < -0.3 is 14.3 Å². The average molecular weight is 482 g/mol. The van der Waals surface area contributed by atoms with Gasteiger partial charge in [0.1, 0.15) is 17.4 Å². The second-order valence-corrected chi connectivity index (χ2v) is 11.8. The van der Waals surface area contributed by atoms with Crippen molar-refractivity contribution in [1.29, 1.82) is 0 Å². The van der Waals surface area contributed by atoms with Crippen molar-refractivity contribution >= 4 is 17.7 Å². The van der Waals surface area contributed by atoms with Crippen LogP contribution in [0.15, 0.2) is 58.2 Å². The van der Waals surface area contributed by atoms with Gasteiger partial charge in [-0.1, -0.05) is 71.9 Å². The summed E-state index contributed by atoms with van der Waals surface area (Å²) in [5.41, 5.74) is 2.79. The zero-order valence-corrected chi connectivity index (χ0v) is 22.1. The fraction of sp³-hybridized carbons (Fsp3) is 0.429. The molecule has 0 radical (unpaired) electrons. The molecule has 0 saturated heterocycles. The Kier molecular flexibility index (Phi) is 7.51. The molecule has 3 rings (SSSR count). The van der Waals surface area contributed by atoms with Gasteiger partial charge in [0.2, 0.25) is 0 Å². The number of hydrogen-bond acceptors (Lipinski definition) is 6. The molecule has 0 amide bonds. The van der Waals surface area contributed by atoms with Crippen LogP contribution in [0.1, 0.15) is 80.9 Å². The summed E-state index contributed by atoms with van der Waals surface area (Å²) in [6, 6.07) is 14.0. The Bertz CT molecular complexity index is 1100. The lowest BCUT2D eigenvalue weighted by Gasteiger charge is -2.30. The minimum atomic E-state index is -0.666. The van der Waals surface area contributed by atoms with E-state index in [1.165, 1.54) is 13.5 Å². The molecule has 0 saturated carbocycles. The second-order valence-electron chi connectivity index (χ2n) is 10.6. The van der Waals surface area contributed by atoms with Gasteiger partial charge in [-0.2, -0.15) is 0 Å². The van der Waals surface area contributed by atoms with E-state index in [4.69, 9.17) is 9.15 Å². The highest BCUT2D eigenvalue weighted by molar-refractivity contribution is 7.99. The molecule has 182 valence electrons. The van der Waals surface area contributed by atoms with Gasteiger partial charge in [-0.25, -0.2) is 4.98 Å². The van der Waals surface area contributed by atoms with E-state index in [9.17, 15) is 9.90 Å². The maximum absolute atomic E-state index is 13.1. The predicted molar refractivity (Wildman–Crippen MR) is 137 cm³/mol. The van der Waals surface area contributed by atoms with Crippen molar-refractivity contribution in [3.8, 4) is 5.75 Å². The summed E-state index contributed by atoms with van der Waals surface area (Å²) in [5.74, 6) is -0.115. The summed E-state index contributed by atoms with van der Waals surface area (Å²) in [4.78, 5) is 18.5. The van der Waals surface area contributed by atoms with Crippen molar-refractivity contribution in [1.82, 2.24) is 4.98 Å². The normalized spacial score (nSPS) is 14.0. The van der Waals surface area contributed by atoms with E-state index in [1.807, 2.05) is 42.5 Å². The first kappa shape index (κ1) is 25.9. The zero-order chi connectivity index (χ0) is 25.3. The number of phenols is 1. The summed E-state index contributed by atoms with van der Waals surface area (Å²) in [5, 5.41) is 10.8. The number of phenolic OH excluding ortho intramolecular Hbond substituents is 1. The van der Waals surface area contributed by atoms with Crippen LogP contribution in [0.3, 0.4) is 0 Å². The Labute approximate surface area is 206 Å². The molecule has 34 heavy (non-hydrogen) atoms. The lowest BCUT2D eigenvalue weighted by Crippen LogP contribution is -2.22. The van der Waals surface area contributed by atoms with E-state index in [-0.39, 0.29) is 22.0 Å². The molecule has 1 N–H and O–H groups in total. The number of ether oxygens (including phenoxy) is 1. The highest BCUT2D eigenvalue weighted by Crippen LogP contribution is 2.49. The van der Waals surface area contributed by atoms with Crippen LogP contribution in [-0.4, -0.2) is 23.2 Å². The Hall–Kier alpha value is -2.73. The first-order chi connectivity index (χ1) is 15.8. The molecule has 2 unspecified atom stereocenters. The predicted octanol–water partition coefficient (Wildman–Crippen LogP) is 7.07. The molecule has 1 heterocycles. The van der Waals surface area contributed by atoms with Crippen molar-refractivity contribution in [3.63, 3.8) is 0 Å². The lowest BCUT2D eigenvalue weighted by molar-refractivity contribution is -0.142. The summed E-state index contributed by atoms with van der Waals surface area (Å²) in [6.45, 7) is 14.4. The van der Waals surface area contributed by atoms with Gasteiger partial charge in [0.15, 0.2) is 6.39 Å². The molecule has 2 atom stereocenters. The van der Waals surface area contributed by atoms with Crippen LogP contribution in [0, 0.1) is 6.92 Å². The Morgan fingerprint density at radius 1 is 1.03 bits per heavy atom. The summed E-state index contributed by atoms with van der Waals surface area (Å²) >= 11 is 1.58. The third-order valence-corrected chi connectivity index (χ3v) is 7.23. The molecule has 0 aliphatic heterocycles. The van der Waals surface area contributed by atoms with E-state index >= 15 is 0 Å². The Balaban J connectivity index is 2.22. The van der Waals surface area contributed by atoms with Crippen LogP contribution in [0.5, 0.6) is 5.75 Å². The number of carbonyl (C=O) groups excluding carboxylic acids is 1. The molecule has 0 fully saturated rings. The lowest BCUT2D eigenvalue weighted by atomic mass is 9.79. The fourth-order valence-electron chi connectivity index (χ4n) is 4.06. The largest absolute Gasteiger partial charge is 0.507 e. The van der Waals surface area contributed by atoms with Crippen LogP contribution in [-0.2, 0) is 20.4 Å². The van der Waals surface area contributed by atoms with Crippen LogP contribution in [0.2, 0.25) is 0 Å². The zero-order valence-electron chi connectivity index (χ0n) is 21.3. The van der Waals surface area contributed by atoms with Gasteiger partial charge in [-0.05, 0) is 35.4 Å². The van der Waals surface area contributed by atoms with E-state index < -0.39 is 5.92 Å². The highest BCUT2D eigenvalue weighted by Gasteiger charge is 2.37. The summed E-state index contributed by atoms with van der Waals surface area (Å²) in [6.07, 6.45) is 1.36. The topological polar surface area (TPSA) is 72.6 Å². The fourth-order valence-corrected chi connectivity index (χ4v) is 5.39. The number of esters is 1. The Morgan fingerprint density at radius 3 is 2.03 bits per heavy atom. The van der Waals surface area contributed by atoms with Crippen molar-refractivity contribution in [2.45, 2.75) is 75.4 Å². The highest BCUT2D eigenvalue weighted by atomic mass is 32.2. The van der Waals surface area contributed by atoms with Crippen molar-refractivity contribution in [3.05, 3.63) is 77.0 Å². The Morgan fingerprint density at radius 2 is 1.59 bits per heavy atom. The minimum absolute atomic E-state index is 0.257. The molecule has 5 nitrogen and oxygen atoms in total. The third kappa shape index (κ3) is 5.49. The van der Waals surface area contributed by atoms with Crippen LogP contribution in [0.25, 0.3) is 0 Å². The molecule has 2 aromatic carbocycles. The van der Waals surface area contributed by atoms with Gasteiger partial charge in [-0.15, -0.1) is 11.8 Å². The molecule has 0 spiro atoms. The number of carbonyl (C=O) groups is 1. The number of aryl methyl sites for hydroxylation is 1. The van der Waals surface area contributed by atoms with E-state index in [0.29, 0.717) is 17.2 Å². The van der Waals surface area contributed by atoms with Gasteiger partial charge in [0.25, 0.3) is 0 Å². The number of thioether (sulfide) groups is 1. The molecule has 3 aromatic rings. The average Bonchev–Trinajstić information content (AvgIpc) is 3.18. The van der Waals surface area contributed by atoms with Crippen LogP contribution in [0.4, 0.5) is 0 Å². The minimum Gasteiger partial charge on any atom is -0.507 e. The molecule has 0 bridgehead atoms. The number of hydrogen-bond donors (Lipinski definition) is 1. The first-order valence-corrected chi connectivity index (χ1v) is 12.3. The molecule has 1 aromatic heterocycles. The maximum atomic E-state index is 13.1. The standard InChI is InChI=1S/C28H35NO4S/c1-17-23(29-16-33-17)22(26(31)32-8)25(18-12-10-9-11-13-18)34-19-14-20(27(2,3)4)24(30)21(15-19)28(5,6)7/h9-16,22,25,30H,1-8H3. The molecule has 0 aliphatic rings. The molecule has 6 heteroatoms. The first-order valence-electron chi connectivity index (χ1n) is 11.4. The number of benzene rings is 2. The number of methoxy groups -OCH3 is 1. The van der Waals surface area contributed by atoms with Crippen molar-refractivity contribution < 1.29 is 19.1 Å². The number of rotatable bonds is 6. The number of aromatic hydroxyl groups is 1.